The van der Waals surface area contributed by atoms with Gasteiger partial charge in [0.1, 0.15) is 11.4 Å². The minimum atomic E-state index is -0.693. The van der Waals surface area contributed by atoms with E-state index in [0.717, 1.165) is 24.0 Å². The van der Waals surface area contributed by atoms with Crippen LogP contribution in [0.1, 0.15) is 11.1 Å². The second-order valence-corrected chi connectivity index (χ2v) is 7.81. The molecule has 0 unspecified atom stereocenters. The number of nitrogens with one attached hydrogen (secondary N) is 1. The van der Waals surface area contributed by atoms with E-state index in [4.69, 9.17) is 10.5 Å². The molecule has 1 saturated heterocycles. The topological polar surface area (TPSA) is 87.5 Å². The Morgan fingerprint density at radius 3 is 2.77 bits per heavy atom. The molecule has 3 heterocycles. The van der Waals surface area contributed by atoms with Crippen LogP contribution in [0, 0.1) is 12.7 Å². The average molecular weight is 411 g/mol. The number of pyridine rings is 1. The fourth-order valence-corrected chi connectivity index (χ4v) is 3.74. The molecule has 8 heteroatoms. The number of nitrogens with zero attached hydrogens (tertiary/aromatic N) is 3. The smallest absolute Gasteiger partial charge is 0.239 e. The maximum Gasteiger partial charge on any atom is 0.239 e. The van der Waals surface area contributed by atoms with Gasteiger partial charge in [0, 0.05) is 38.6 Å². The molecule has 7 nitrogen and oxygen atoms in total. The van der Waals surface area contributed by atoms with Crippen molar-refractivity contribution in [1.29, 1.82) is 0 Å². The summed E-state index contributed by atoms with van der Waals surface area (Å²) < 4.78 is 20.5. The lowest BCUT2D eigenvalue weighted by Crippen LogP contribution is -2.52. The van der Waals surface area contributed by atoms with Gasteiger partial charge in [0.25, 0.3) is 0 Å². The fourth-order valence-electron chi connectivity index (χ4n) is 3.74. The van der Waals surface area contributed by atoms with Gasteiger partial charge in [-0.05, 0) is 49.7 Å². The highest BCUT2D eigenvalue weighted by atomic mass is 19.1. The molecule has 1 amide bonds. The number of H-pyrrole nitrogens is 1. The first-order valence-electron chi connectivity index (χ1n) is 10.0. The van der Waals surface area contributed by atoms with Crippen LogP contribution in [0.2, 0.25) is 0 Å². The first-order valence-corrected chi connectivity index (χ1v) is 10.0. The number of fused-ring (bicyclic) bond motifs is 1. The van der Waals surface area contributed by atoms with Crippen molar-refractivity contribution in [3.63, 3.8) is 0 Å². The van der Waals surface area contributed by atoms with Crippen molar-refractivity contribution in [2.24, 2.45) is 5.73 Å². The van der Waals surface area contributed by atoms with E-state index in [1.807, 2.05) is 20.2 Å². The molecule has 0 spiro atoms. The number of hydrogen-bond donors (Lipinski definition) is 2. The Balaban J connectivity index is 1.45. The summed E-state index contributed by atoms with van der Waals surface area (Å²) in [6.07, 6.45) is 3.73. The van der Waals surface area contributed by atoms with Gasteiger partial charge in [-0.1, -0.05) is 6.07 Å². The number of carbonyl (C=O) groups excluding carboxylic acids is 1. The highest BCUT2D eigenvalue weighted by molar-refractivity contribution is 5.86. The average Bonchev–Trinajstić information content (AvgIpc) is 3.12. The molecule has 1 aliphatic rings. The number of benzene rings is 1. The monoisotopic (exact) mass is 411 g/mol. The molecule has 1 atom stereocenters. The molecular weight excluding hydrogens is 385 g/mol. The van der Waals surface area contributed by atoms with Crippen LogP contribution in [-0.2, 0) is 11.2 Å². The van der Waals surface area contributed by atoms with Crippen LogP contribution in [0.15, 0.2) is 36.7 Å². The van der Waals surface area contributed by atoms with E-state index < -0.39 is 11.9 Å². The summed E-state index contributed by atoms with van der Waals surface area (Å²) in [6.45, 7) is 4.95. The number of aromatic amines is 1. The molecule has 0 bridgehead atoms. The van der Waals surface area contributed by atoms with Gasteiger partial charge in [-0.15, -0.1) is 0 Å². The van der Waals surface area contributed by atoms with E-state index in [1.54, 1.807) is 29.3 Å². The van der Waals surface area contributed by atoms with Gasteiger partial charge in [-0.2, -0.15) is 0 Å². The Kier molecular flexibility index (Phi) is 5.69. The van der Waals surface area contributed by atoms with E-state index in [9.17, 15) is 9.18 Å². The first-order chi connectivity index (χ1) is 14.4. The number of piperazine rings is 1. The number of nitrogens with two attached hydrogens (primary N) is 1. The number of halogens is 1. The Bertz CT molecular complexity index is 1060. The quantitative estimate of drug-likeness (QED) is 0.673. The Morgan fingerprint density at radius 1 is 1.27 bits per heavy atom. The number of aryl methyl sites for hydroxylation is 1. The second-order valence-electron chi connectivity index (χ2n) is 7.81. The largest absolute Gasteiger partial charge is 0.453 e. The van der Waals surface area contributed by atoms with Crippen molar-refractivity contribution >= 4 is 16.9 Å². The summed E-state index contributed by atoms with van der Waals surface area (Å²) in [5, 5.41) is 0.820. The molecule has 3 N–H and O–H groups in total. The molecule has 4 rings (SSSR count). The Morgan fingerprint density at radius 2 is 2.03 bits per heavy atom. The molecule has 1 aromatic carbocycles. The van der Waals surface area contributed by atoms with Crippen LogP contribution in [0.3, 0.4) is 0 Å². The van der Waals surface area contributed by atoms with Crippen LogP contribution in [0.5, 0.6) is 11.5 Å². The van der Waals surface area contributed by atoms with Crippen LogP contribution in [-0.4, -0.2) is 64.9 Å². The third-order valence-corrected chi connectivity index (χ3v) is 5.54. The maximum absolute atomic E-state index is 14.7. The molecule has 3 aromatic rings. The third kappa shape index (κ3) is 4.15. The van der Waals surface area contributed by atoms with Gasteiger partial charge in [0.05, 0.1) is 11.4 Å². The molecule has 0 aliphatic carbocycles. The first kappa shape index (κ1) is 20.3. The van der Waals surface area contributed by atoms with E-state index in [0.29, 0.717) is 30.0 Å². The lowest BCUT2D eigenvalue weighted by Gasteiger charge is -2.33. The lowest BCUT2D eigenvalue weighted by molar-refractivity contribution is -0.134. The Labute approximate surface area is 174 Å². The summed E-state index contributed by atoms with van der Waals surface area (Å²) in [6, 6.07) is 5.72. The van der Waals surface area contributed by atoms with Crippen LogP contribution < -0.4 is 10.5 Å². The molecule has 0 saturated carbocycles. The number of aromatic nitrogens is 2. The SMILES string of the molecule is Cc1c[nH]c2nccc(Oc3ccc(C[C@H](N)C(=O)N4CCN(C)CC4)cc3F)c12. The van der Waals surface area contributed by atoms with Crippen LogP contribution in [0.4, 0.5) is 4.39 Å². The molecule has 158 valence electrons. The van der Waals surface area contributed by atoms with Crippen molar-refractivity contribution in [2.45, 2.75) is 19.4 Å². The minimum absolute atomic E-state index is 0.0917. The molecule has 0 radical (unpaired) electrons. The number of amides is 1. The predicted molar refractivity (Wildman–Crippen MR) is 113 cm³/mol. The van der Waals surface area contributed by atoms with Crippen molar-refractivity contribution in [2.75, 3.05) is 33.2 Å². The van der Waals surface area contributed by atoms with E-state index in [-0.39, 0.29) is 18.1 Å². The maximum atomic E-state index is 14.7. The highest BCUT2D eigenvalue weighted by Crippen LogP contribution is 2.32. The van der Waals surface area contributed by atoms with E-state index in [1.165, 1.54) is 6.07 Å². The summed E-state index contributed by atoms with van der Waals surface area (Å²) >= 11 is 0. The Hall–Kier alpha value is -2.97. The lowest BCUT2D eigenvalue weighted by atomic mass is 10.0. The van der Waals surface area contributed by atoms with Gasteiger partial charge < -0.3 is 25.3 Å². The summed E-state index contributed by atoms with van der Waals surface area (Å²) in [5.74, 6) is 0.0639. The van der Waals surface area contributed by atoms with Gasteiger partial charge in [-0.25, -0.2) is 9.37 Å². The third-order valence-electron chi connectivity index (χ3n) is 5.54. The number of carbonyl (C=O) groups is 1. The molecule has 2 aromatic heterocycles. The number of hydrogen-bond acceptors (Lipinski definition) is 5. The summed E-state index contributed by atoms with van der Waals surface area (Å²) in [7, 11) is 2.03. The summed E-state index contributed by atoms with van der Waals surface area (Å²) in [5.41, 5.74) is 8.45. The van der Waals surface area contributed by atoms with Gasteiger partial charge in [0.15, 0.2) is 11.6 Å². The zero-order chi connectivity index (χ0) is 21.3. The number of ether oxygens (including phenoxy) is 1. The van der Waals surface area contributed by atoms with Crippen molar-refractivity contribution in [3.05, 3.63) is 53.6 Å². The second kappa shape index (κ2) is 8.41. The number of likely N-dealkylation sites (N-methyl/N-ethyl adjacent to an activating group) is 1. The zero-order valence-corrected chi connectivity index (χ0v) is 17.2. The molecular formula is C22H26FN5O2. The van der Waals surface area contributed by atoms with Crippen LogP contribution in [0.25, 0.3) is 11.0 Å². The van der Waals surface area contributed by atoms with Crippen LogP contribution >= 0.6 is 0 Å². The van der Waals surface area contributed by atoms with Crippen molar-refractivity contribution in [3.8, 4) is 11.5 Å². The standard InChI is InChI=1S/C22H26FN5O2/c1-14-13-26-21-20(14)19(5-6-25-21)30-18-4-3-15(11-16(18)23)12-17(24)22(29)28-9-7-27(2)8-10-28/h3-6,11,13,17H,7-10,12,24H2,1-2H3,(H,25,26)/t17-/m0/s1. The van der Waals surface area contributed by atoms with Crippen molar-refractivity contribution < 1.29 is 13.9 Å². The molecule has 30 heavy (non-hydrogen) atoms. The van der Waals surface area contributed by atoms with Gasteiger partial charge in [-0.3, -0.25) is 4.79 Å². The summed E-state index contributed by atoms with van der Waals surface area (Å²) in [4.78, 5) is 23.9. The molecule has 1 fully saturated rings. The predicted octanol–water partition coefficient (Wildman–Crippen LogP) is 2.45. The van der Waals surface area contributed by atoms with Crippen molar-refractivity contribution in [1.82, 2.24) is 19.8 Å². The normalized spacial score (nSPS) is 16.1. The highest BCUT2D eigenvalue weighted by Gasteiger charge is 2.24. The molecule has 1 aliphatic heterocycles. The zero-order valence-electron chi connectivity index (χ0n) is 17.2. The minimum Gasteiger partial charge on any atom is -0.453 e. The van der Waals surface area contributed by atoms with E-state index >= 15 is 0 Å². The fraction of sp³-hybridized carbons (Fsp3) is 0.364. The van der Waals surface area contributed by atoms with Gasteiger partial charge in [0.2, 0.25) is 5.91 Å². The van der Waals surface area contributed by atoms with E-state index in [2.05, 4.69) is 14.9 Å². The van der Waals surface area contributed by atoms with Gasteiger partial charge >= 0.3 is 0 Å². The number of rotatable bonds is 5.